The molecule has 0 aromatic heterocycles. The van der Waals surface area contributed by atoms with Crippen molar-refractivity contribution in [3.05, 3.63) is 167 Å². The van der Waals surface area contributed by atoms with Crippen molar-refractivity contribution >= 4 is 23.3 Å². The molecule has 1 heterocycles. The highest BCUT2D eigenvalue weighted by molar-refractivity contribution is 6.14. The number of nitrogens with zero attached hydrogens (tertiary/aromatic N) is 1. The maximum Gasteiger partial charge on any atom is 0.323 e. The molecule has 224 valence electrons. The van der Waals surface area contributed by atoms with Crippen LogP contribution in [0, 0.1) is 5.82 Å². The number of carbonyl (C=O) groups excluding carboxylic acids is 2. The second kappa shape index (κ2) is 11.5. The van der Waals surface area contributed by atoms with Gasteiger partial charge in [0.15, 0.2) is 0 Å². The fourth-order valence-corrected chi connectivity index (χ4v) is 6.84. The van der Waals surface area contributed by atoms with Crippen LogP contribution in [0.4, 0.5) is 15.8 Å². The summed E-state index contributed by atoms with van der Waals surface area (Å²) in [5, 5.41) is 3.74. The Bertz CT molecular complexity index is 1740. The van der Waals surface area contributed by atoms with Gasteiger partial charge in [0.1, 0.15) is 11.9 Å². The molecule has 0 saturated heterocycles. The van der Waals surface area contributed by atoms with Gasteiger partial charge in [-0.05, 0) is 65.3 Å². The van der Waals surface area contributed by atoms with E-state index in [1.165, 1.54) is 18.1 Å². The molecule has 5 nitrogen and oxygen atoms in total. The number of anilines is 2. The van der Waals surface area contributed by atoms with Crippen LogP contribution < -0.4 is 10.2 Å². The van der Waals surface area contributed by atoms with Gasteiger partial charge in [-0.15, -0.1) is 0 Å². The van der Waals surface area contributed by atoms with E-state index in [-0.39, 0.29) is 5.91 Å². The lowest BCUT2D eigenvalue weighted by atomic mass is 9.76. The summed E-state index contributed by atoms with van der Waals surface area (Å²) in [6.07, 6.45) is 1.79. The van der Waals surface area contributed by atoms with Gasteiger partial charge < -0.3 is 4.74 Å². The van der Waals surface area contributed by atoms with E-state index in [1.54, 1.807) is 6.07 Å². The van der Waals surface area contributed by atoms with Gasteiger partial charge in [0.05, 0.1) is 23.8 Å². The minimum absolute atomic E-state index is 0.0807. The molecule has 1 aliphatic heterocycles. The molecule has 0 unspecified atom stereocenters. The molecule has 1 aliphatic carbocycles. The quantitative estimate of drug-likeness (QED) is 0.144. The standard InChI is InChI=1S/C39H33FN2O3/c1-45-36(43)34(41-39(28-12-5-2-6-13-28,29-14-7-3-8-15-29)30-16-9-4-10-17-30)26-27-20-22-31(23-21-27)42-35-32(18-11-19-33(35)40)38(24-25-38)37(42)44/h2-23,34,41H,24-26H2,1H3/t34-/m0/s1. The highest BCUT2D eigenvalue weighted by Gasteiger charge is 2.60. The highest BCUT2D eigenvalue weighted by atomic mass is 19.1. The number of hydrogen-bond donors (Lipinski definition) is 1. The van der Waals surface area contributed by atoms with Crippen molar-refractivity contribution in [1.82, 2.24) is 5.32 Å². The number of halogens is 1. The van der Waals surface area contributed by atoms with E-state index in [1.807, 2.05) is 84.9 Å². The second-order valence-electron chi connectivity index (χ2n) is 11.8. The van der Waals surface area contributed by atoms with Crippen molar-refractivity contribution in [2.45, 2.75) is 36.3 Å². The molecule has 0 radical (unpaired) electrons. The number of fused-ring (bicyclic) bond motifs is 2. The van der Waals surface area contributed by atoms with Crippen LogP contribution in [-0.4, -0.2) is 25.0 Å². The number of rotatable bonds is 9. The van der Waals surface area contributed by atoms with Gasteiger partial charge in [-0.25, -0.2) is 4.39 Å². The molecule has 2 aliphatic rings. The normalized spacial score (nSPS) is 15.5. The Hall–Kier alpha value is -5.07. The Morgan fingerprint density at radius 2 is 1.33 bits per heavy atom. The molecule has 7 rings (SSSR count). The Morgan fingerprint density at radius 3 is 1.82 bits per heavy atom. The molecule has 5 aromatic rings. The van der Waals surface area contributed by atoms with E-state index in [4.69, 9.17) is 4.74 Å². The predicted molar refractivity (Wildman–Crippen MR) is 173 cm³/mol. The number of carbonyl (C=O) groups is 2. The van der Waals surface area contributed by atoms with Crippen LogP contribution in [0.3, 0.4) is 0 Å². The summed E-state index contributed by atoms with van der Waals surface area (Å²) >= 11 is 0. The Kier molecular flexibility index (Phi) is 7.30. The summed E-state index contributed by atoms with van der Waals surface area (Å²) < 4.78 is 20.4. The molecule has 1 spiro atoms. The van der Waals surface area contributed by atoms with Crippen LogP contribution >= 0.6 is 0 Å². The maximum absolute atomic E-state index is 15.1. The van der Waals surface area contributed by atoms with E-state index in [0.29, 0.717) is 17.8 Å². The number of para-hydroxylation sites is 1. The van der Waals surface area contributed by atoms with Gasteiger partial charge in [-0.1, -0.05) is 115 Å². The predicted octanol–water partition coefficient (Wildman–Crippen LogP) is 7.20. The molecule has 45 heavy (non-hydrogen) atoms. The van der Waals surface area contributed by atoms with Crippen LogP contribution in [0.25, 0.3) is 0 Å². The first-order valence-electron chi connectivity index (χ1n) is 15.2. The topological polar surface area (TPSA) is 58.6 Å². The van der Waals surface area contributed by atoms with Crippen LogP contribution in [0.1, 0.15) is 40.7 Å². The Balaban J connectivity index is 1.26. The van der Waals surface area contributed by atoms with E-state index >= 15 is 4.39 Å². The molecule has 1 fully saturated rings. The minimum atomic E-state index is -0.871. The molecule has 5 aromatic carbocycles. The van der Waals surface area contributed by atoms with E-state index in [2.05, 4.69) is 41.7 Å². The van der Waals surface area contributed by atoms with Gasteiger partial charge in [0, 0.05) is 5.69 Å². The minimum Gasteiger partial charge on any atom is -0.468 e. The Morgan fingerprint density at radius 1 is 0.800 bits per heavy atom. The molecule has 1 N–H and O–H groups in total. The number of hydrogen-bond acceptors (Lipinski definition) is 4. The van der Waals surface area contributed by atoms with Gasteiger partial charge in [0.2, 0.25) is 5.91 Å². The maximum atomic E-state index is 15.1. The fraction of sp³-hybridized carbons (Fsp3) is 0.179. The number of ether oxygens (including phenoxy) is 1. The molecule has 1 saturated carbocycles. The molecule has 1 amide bonds. The third-order valence-corrected chi connectivity index (χ3v) is 9.22. The summed E-state index contributed by atoms with van der Waals surface area (Å²) in [6, 6.07) is 41.9. The number of nitrogens with one attached hydrogen (secondary N) is 1. The summed E-state index contributed by atoms with van der Waals surface area (Å²) in [4.78, 5) is 28.5. The lowest BCUT2D eigenvalue weighted by molar-refractivity contribution is -0.143. The van der Waals surface area contributed by atoms with Crippen LogP contribution in [0.5, 0.6) is 0 Å². The monoisotopic (exact) mass is 596 g/mol. The first-order valence-corrected chi connectivity index (χ1v) is 15.2. The zero-order chi connectivity index (χ0) is 31.0. The van der Waals surface area contributed by atoms with Crippen molar-refractivity contribution in [3.8, 4) is 0 Å². The molecule has 1 atom stereocenters. The molecular formula is C39H33FN2O3. The third-order valence-electron chi connectivity index (χ3n) is 9.22. The molecule has 0 bridgehead atoms. The lowest BCUT2D eigenvalue weighted by Gasteiger charge is -2.39. The average Bonchev–Trinajstić information content (AvgIpc) is 3.86. The third kappa shape index (κ3) is 4.82. The van der Waals surface area contributed by atoms with E-state index in [9.17, 15) is 9.59 Å². The summed E-state index contributed by atoms with van der Waals surface area (Å²) in [7, 11) is 1.40. The van der Waals surface area contributed by atoms with Crippen LogP contribution in [0.2, 0.25) is 0 Å². The number of benzene rings is 5. The lowest BCUT2D eigenvalue weighted by Crippen LogP contribution is -2.53. The van der Waals surface area contributed by atoms with Crippen molar-refractivity contribution in [1.29, 1.82) is 0 Å². The van der Waals surface area contributed by atoms with Crippen molar-refractivity contribution in [3.63, 3.8) is 0 Å². The van der Waals surface area contributed by atoms with Gasteiger partial charge >= 0.3 is 5.97 Å². The highest BCUT2D eigenvalue weighted by Crippen LogP contribution is 2.59. The zero-order valence-electron chi connectivity index (χ0n) is 25.0. The average molecular weight is 597 g/mol. The van der Waals surface area contributed by atoms with E-state index < -0.39 is 28.8 Å². The molecular weight excluding hydrogens is 563 g/mol. The molecule has 6 heteroatoms. The fourth-order valence-electron chi connectivity index (χ4n) is 6.84. The van der Waals surface area contributed by atoms with Crippen molar-refractivity contribution in [2.24, 2.45) is 0 Å². The van der Waals surface area contributed by atoms with Crippen LogP contribution in [-0.2, 0) is 31.7 Å². The SMILES string of the molecule is COC(=O)[C@H](Cc1ccc(N2C(=O)C3(CC3)c3cccc(F)c32)cc1)NC(c1ccccc1)(c1ccccc1)c1ccccc1. The summed E-state index contributed by atoms with van der Waals surface area (Å²) in [6.45, 7) is 0. The van der Waals surface area contributed by atoms with Crippen molar-refractivity contribution < 1.29 is 18.7 Å². The van der Waals surface area contributed by atoms with Crippen LogP contribution in [0.15, 0.2) is 133 Å². The first-order chi connectivity index (χ1) is 22.0. The van der Waals surface area contributed by atoms with Crippen molar-refractivity contribution in [2.75, 3.05) is 12.0 Å². The van der Waals surface area contributed by atoms with Gasteiger partial charge in [0.25, 0.3) is 0 Å². The first kappa shape index (κ1) is 28.7. The summed E-state index contributed by atoms with van der Waals surface area (Å²) in [5.41, 5.74) is 4.05. The number of amides is 1. The zero-order valence-corrected chi connectivity index (χ0v) is 25.0. The largest absolute Gasteiger partial charge is 0.468 e. The van der Waals surface area contributed by atoms with E-state index in [0.717, 1.165) is 40.7 Å². The Labute approximate surface area is 262 Å². The summed E-state index contributed by atoms with van der Waals surface area (Å²) in [5.74, 6) is -0.877. The number of esters is 1. The second-order valence-corrected chi connectivity index (χ2v) is 11.8. The number of methoxy groups -OCH3 is 1. The smallest absolute Gasteiger partial charge is 0.323 e. The van der Waals surface area contributed by atoms with Gasteiger partial charge in [-0.2, -0.15) is 0 Å². The van der Waals surface area contributed by atoms with Gasteiger partial charge in [-0.3, -0.25) is 19.8 Å².